The molecule has 0 heterocycles. The first kappa shape index (κ1) is 16.9. The molecule has 2 aromatic rings. The fourth-order valence-corrected chi connectivity index (χ4v) is 3.06. The molecule has 0 saturated carbocycles. The molecule has 6 nitrogen and oxygen atoms in total. The summed E-state index contributed by atoms with van der Waals surface area (Å²) in [5.74, 6) is 0.0912. The smallest absolute Gasteiger partial charge is 0.341 e. The van der Waals surface area contributed by atoms with Crippen LogP contribution in [-0.2, 0) is 24.2 Å². The quantitative estimate of drug-likeness (QED) is 0.354. The molecule has 0 aliphatic heterocycles. The van der Waals surface area contributed by atoms with E-state index in [0.29, 0.717) is 24.3 Å². The van der Waals surface area contributed by atoms with Crippen LogP contribution in [0.5, 0.6) is 5.75 Å². The zero-order chi connectivity index (χ0) is 17.6. The van der Waals surface area contributed by atoms with Crippen molar-refractivity contribution in [1.82, 2.24) is 0 Å². The number of carbonyl (C=O) groups excluding carboxylic acids is 1. The van der Waals surface area contributed by atoms with Crippen molar-refractivity contribution in [2.45, 2.75) is 31.9 Å². The van der Waals surface area contributed by atoms with Crippen LogP contribution in [0.25, 0.3) is 10.4 Å². The minimum Gasteiger partial charge on any atom is -0.488 e. The van der Waals surface area contributed by atoms with Crippen LogP contribution in [0.2, 0.25) is 0 Å². The van der Waals surface area contributed by atoms with Crippen molar-refractivity contribution in [2.75, 3.05) is 7.11 Å². The zero-order valence-electron chi connectivity index (χ0n) is 14.0. The molecule has 0 spiro atoms. The molecular weight excluding hydrogens is 318 g/mol. The van der Waals surface area contributed by atoms with Gasteiger partial charge in [0.1, 0.15) is 17.9 Å². The second-order valence-electron chi connectivity index (χ2n) is 5.98. The van der Waals surface area contributed by atoms with Gasteiger partial charge in [0.05, 0.1) is 7.11 Å². The molecule has 2 aromatic carbocycles. The average Bonchev–Trinajstić information content (AvgIpc) is 2.66. The maximum atomic E-state index is 12.2. The van der Waals surface area contributed by atoms with Crippen molar-refractivity contribution in [3.8, 4) is 5.75 Å². The number of carbonyl (C=O) groups is 1. The van der Waals surface area contributed by atoms with Gasteiger partial charge in [-0.3, -0.25) is 0 Å². The van der Waals surface area contributed by atoms with Gasteiger partial charge in [-0.25, -0.2) is 4.79 Å². The van der Waals surface area contributed by atoms with Gasteiger partial charge in [0, 0.05) is 11.0 Å². The Morgan fingerprint density at radius 2 is 2.08 bits per heavy atom. The van der Waals surface area contributed by atoms with Gasteiger partial charge in [-0.1, -0.05) is 35.4 Å². The third-order valence-electron chi connectivity index (χ3n) is 4.36. The van der Waals surface area contributed by atoms with Crippen molar-refractivity contribution >= 4 is 5.97 Å². The fraction of sp³-hybridized carbons (Fsp3) is 0.316. The van der Waals surface area contributed by atoms with Gasteiger partial charge in [-0.15, -0.1) is 0 Å². The molecule has 0 aromatic heterocycles. The van der Waals surface area contributed by atoms with Crippen LogP contribution < -0.4 is 4.74 Å². The molecule has 128 valence electrons. The monoisotopic (exact) mass is 337 g/mol. The Bertz CT molecular complexity index is 814. The molecule has 1 atom stereocenters. The number of azide groups is 1. The number of ether oxygens (including phenoxy) is 2. The Hall–Kier alpha value is -2.98. The van der Waals surface area contributed by atoms with Crippen molar-refractivity contribution in [3.05, 3.63) is 75.2 Å². The van der Waals surface area contributed by atoms with Crippen LogP contribution >= 0.6 is 0 Å². The number of esters is 1. The molecular formula is C19H19N3O3. The van der Waals surface area contributed by atoms with Gasteiger partial charge in [0.15, 0.2) is 0 Å². The lowest BCUT2D eigenvalue weighted by atomic mass is 9.87. The number of fused-ring (bicyclic) bond motifs is 1. The third-order valence-corrected chi connectivity index (χ3v) is 4.36. The molecule has 0 fully saturated rings. The minimum absolute atomic E-state index is 0.0703. The predicted octanol–water partition coefficient (Wildman–Crippen LogP) is 4.22. The first-order valence-corrected chi connectivity index (χ1v) is 8.16. The highest BCUT2D eigenvalue weighted by atomic mass is 16.5. The second-order valence-corrected chi connectivity index (χ2v) is 5.98. The summed E-state index contributed by atoms with van der Waals surface area (Å²) in [5.41, 5.74) is 12.2. The standard InChI is InChI=1S/C19H19N3O3/c1-24-19(23)17-10-15-9-16(21-22-20)8-7-14(15)11-18(17)25-12-13-5-3-2-4-6-13/h2-6,10-11,16H,7-9,12H2,1H3. The Balaban J connectivity index is 1.89. The molecule has 6 heteroatoms. The molecule has 1 unspecified atom stereocenters. The van der Waals surface area contributed by atoms with Crippen LogP contribution in [0.3, 0.4) is 0 Å². The Morgan fingerprint density at radius 1 is 1.28 bits per heavy atom. The van der Waals surface area contributed by atoms with E-state index in [4.69, 9.17) is 15.0 Å². The lowest BCUT2D eigenvalue weighted by Gasteiger charge is -2.23. The number of methoxy groups -OCH3 is 1. The van der Waals surface area contributed by atoms with Crippen LogP contribution in [0.4, 0.5) is 0 Å². The Morgan fingerprint density at radius 3 is 2.80 bits per heavy atom. The molecule has 0 N–H and O–H groups in total. The van der Waals surface area contributed by atoms with E-state index < -0.39 is 5.97 Å². The van der Waals surface area contributed by atoms with Crippen LogP contribution in [0.1, 0.15) is 33.5 Å². The van der Waals surface area contributed by atoms with Crippen molar-refractivity contribution in [1.29, 1.82) is 0 Å². The Labute approximate surface area is 146 Å². The molecule has 1 aliphatic rings. The number of aryl methyl sites for hydroxylation is 1. The summed E-state index contributed by atoms with van der Waals surface area (Å²) < 4.78 is 10.8. The van der Waals surface area contributed by atoms with Gasteiger partial charge in [-0.05, 0) is 53.6 Å². The molecule has 3 rings (SSSR count). The van der Waals surface area contributed by atoms with E-state index >= 15 is 0 Å². The van der Waals surface area contributed by atoms with Crippen LogP contribution in [0.15, 0.2) is 47.6 Å². The Kier molecular flexibility index (Phi) is 5.21. The SMILES string of the molecule is COC(=O)c1cc2c(cc1OCc1ccccc1)CCC(N=[N+]=[N-])C2. The van der Waals surface area contributed by atoms with E-state index in [1.807, 2.05) is 36.4 Å². The molecule has 0 bridgehead atoms. The first-order chi connectivity index (χ1) is 12.2. The molecule has 1 aliphatic carbocycles. The van der Waals surface area contributed by atoms with E-state index in [-0.39, 0.29) is 6.04 Å². The molecule has 25 heavy (non-hydrogen) atoms. The summed E-state index contributed by atoms with van der Waals surface area (Å²) in [5, 5.41) is 3.81. The summed E-state index contributed by atoms with van der Waals surface area (Å²) >= 11 is 0. The van der Waals surface area contributed by atoms with Crippen molar-refractivity contribution in [3.63, 3.8) is 0 Å². The topological polar surface area (TPSA) is 84.3 Å². The zero-order valence-corrected chi connectivity index (χ0v) is 14.0. The molecule has 0 radical (unpaired) electrons. The van der Waals surface area contributed by atoms with E-state index in [2.05, 4.69) is 10.0 Å². The van der Waals surface area contributed by atoms with Crippen LogP contribution in [0, 0.1) is 0 Å². The summed E-state index contributed by atoms with van der Waals surface area (Å²) in [4.78, 5) is 15.0. The molecule has 0 amide bonds. The largest absolute Gasteiger partial charge is 0.488 e. The normalized spacial score (nSPS) is 15.6. The van der Waals surface area contributed by atoms with Gasteiger partial charge in [0.25, 0.3) is 0 Å². The number of nitrogens with zero attached hydrogens (tertiary/aromatic N) is 3. The lowest BCUT2D eigenvalue weighted by Crippen LogP contribution is -2.18. The highest BCUT2D eigenvalue weighted by Gasteiger charge is 2.23. The highest BCUT2D eigenvalue weighted by molar-refractivity contribution is 5.93. The first-order valence-electron chi connectivity index (χ1n) is 8.16. The minimum atomic E-state index is -0.434. The maximum Gasteiger partial charge on any atom is 0.341 e. The number of hydrogen-bond donors (Lipinski definition) is 0. The van der Waals surface area contributed by atoms with E-state index in [1.54, 1.807) is 6.07 Å². The molecule has 0 saturated heterocycles. The van der Waals surface area contributed by atoms with Gasteiger partial charge in [0.2, 0.25) is 0 Å². The predicted molar refractivity (Wildman–Crippen MR) is 93.5 cm³/mol. The van der Waals surface area contributed by atoms with E-state index in [1.165, 1.54) is 7.11 Å². The maximum absolute atomic E-state index is 12.2. The summed E-state index contributed by atoms with van der Waals surface area (Å²) in [6.45, 7) is 0.380. The number of hydrogen-bond acceptors (Lipinski definition) is 4. The fourth-order valence-electron chi connectivity index (χ4n) is 3.06. The van der Waals surface area contributed by atoms with E-state index in [9.17, 15) is 4.79 Å². The van der Waals surface area contributed by atoms with Gasteiger partial charge in [-0.2, -0.15) is 0 Å². The van der Waals surface area contributed by atoms with E-state index in [0.717, 1.165) is 29.5 Å². The third kappa shape index (κ3) is 3.92. The summed E-state index contributed by atoms with van der Waals surface area (Å²) in [7, 11) is 1.35. The highest BCUT2D eigenvalue weighted by Crippen LogP contribution is 2.31. The number of benzene rings is 2. The van der Waals surface area contributed by atoms with Gasteiger partial charge < -0.3 is 9.47 Å². The van der Waals surface area contributed by atoms with Crippen molar-refractivity contribution < 1.29 is 14.3 Å². The van der Waals surface area contributed by atoms with Gasteiger partial charge >= 0.3 is 5.97 Å². The average molecular weight is 337 g/mol. The second kappa shape index (κ2) is 7.73. The number of rotatable bonds is 5. The van der Waals surface area contributed by atoms with Crippen molar-refractivity contribution in [2.24, 2.45) is 5.11 Å². The lowest BCUT2D eigenvalue weighted by molar-refractivity contribution is 0.0595. The van der Waals surface area contributed by atoms with Crippen LogP contribution in [-0.4, -0.2) is 19.1 Å². The summed E-state index contributed by atoms with van der Waals surface area (Å²) in [6, 6.07) is 13.4. The summed E-state index contributed by atoms with van der Waals surface area (Å²) in [6.07, 6.45) is 2.22.